The molecular formula is C12H9F3N2O2. The fraction of sp³-hybridized carbons (Fsp3) is 0.167. The molecule has 0 saturated carbocycles. The number of carboxylic acids is 1. The minimum Gasteiger partial charge on any atom is -0.476 e. The van der Waals surface area contributed by atoms with Gasteiger partial charge in [0.05, 0.1) is 5.56 Å². The smallest absolute Gasteiger partial charge is 0.416 e. The molecule has 7 heteroatoms. The number of aromatic nitrogens is 2. The van der Waals surface area contributed by atoms with Crippen molar-refractivity contribution in [2.75, 3.05) is 0 Å². The fourth-order valence-electron chi connectivity index (χ4n) is 1.64. The average molecular weight is 270 g/mol. The van der Waals surface area contributed by atoms with E-state index in [9.17, 15) is 18.0 Å². The van der Waals surface area contributed by atoms with E-state index in [2.05, 4.69) is 10.2 Å². The highest BCUT2D eigenvalue weighted by Crippen LogP contribution is 2.29. The molecule has 0 amide bonds. The number of nitrogens with one attached hydrogen (secondary N) is 1. The Morgan fingerprint density at radius 3 is 2.63 bits per heavy atom. The molecule has 0 aliphatic heterocycles. The van der Waals surface area contributed by atoms with Crippen molar-refractivity contribution < 1.29 is 23.1 Å². The normalized spacial score (nSPS) is 11.5. The lowest BCUT2D eigenvalue weighted by Crippen LogP contribution is -2.05. The van der Waals surface area contributed by atoms with Gasteiger partial charge in [-0.25, -0.2) is 4.79 Å². The molecule has 0 fully saturated rings. The number of alkyl halides is 3. The van der Waals surface area contributed by atoms with Crippen molar-refractivity contribution in [1.29, 1.82) is 0 Å². The van der Waals surface area contributed by atoms with Crippen LogP contribution in [0.2, 0.25) is 0 Å². The summed E-state index contributed by atoms with van der Waals surface area (Å²) in [6, 6.07) is 6.16. The van der Waals surface area contributed by atoms with Crippen LogP contribution < -0.4 is 0 Å². The van der Waals surface area contributed by atoms with Gasteiger partial charge >= 0.3 is 12.1 Å². The Balaban J connectivity index is 2.21. The number of nitrogens with zero attached hydrogens (tertiary/aromatic N) is 1. The molecule has 4 nitrogen and oxygen atoms in total. The van der Waals surface area contributed by atoms with E-state index in [-0.39, 0.29) is 12.1 Å². The highest BCUT2D eigenvalue weighted by atomic mass is 19.4. The van der Waals surface area contributed by atoms with E-state index in [0.717, 1.165) is 12.1 Å². The van der Waals surface area contributed by atoms with Gasteiger partial charge in [0.15, 0.2) is 5.69 Å². The Labute approximate surface area is 105 Å². The fourth-order valence-corrected chi connectivity index (χ4v) is 1.64. The second-order valence-electron chi connectivity index (χ2n) is 3.96. The molecule has 0 unspecified atom stereocenters. The van der Waals surface area contributed by atoms with Gasteiger partial charge in [-0.15, -0.1) is 0 Å². The molecule has 1 heterocycles. The number of halogens is 3. The van der Waals surface area contributed by atoms with Crippen LogP contribution in [0.25, 0.3) is 0 Å². The van der Waals surface area contributed by atoms with E-state index < -0.39 is 17.7 Å². The molecule has 2 rings (SSSR count). The van der Waals surface area contributed by atoms with Crippen LogP contribution >= 0.6 is 0 Å². The number of aromatic amines is 1. The largest absolute Gasteiger partial charge is 0.476 e. The van der Waals surface area contributed by atoms with Gasteiger partial charge in [-0.1, -0.05) is 18.2 Å². The van der Waals surface area contributed by atoms with Gasteiger partial charge in [-0.2, -0.15) is 18.3 Å². The Kier molecular flexibility index (Phi) is 3.28. The Morgan fingerprint density at radius 2 is 2.05 bits per heavy atom. The number of H-pyrrole nitrogens is 1. The van der Waals surface area contributed by atoms with Crippen LogP contribution in [0.1, 0.15) is 27.3 Å². The summed E-state index contributed by atoms with van der Waals surface area (Å²) in [4.78, 5) is 10.6. The van der Waals surface area contributed by atoms with Gasteiger partial charge < -0.3 is 5.11 Å². The highest BCUT2D eigenvalue weighted by Gasteiger charge is 2.30. The van der Waals surface area contributed by atoms with E-state index in [4.69, 9.17) is 5.11 Å². The van der Waals surface area contributed by atoms with Crippen molar-refractivity contribution >= 4 is 5.97 Å². The third-order valence-corrected chi connectivity index (χ3v) is 2.50. The molecule has 1 aromatic carbocycles. The number of benzene rings is 1. The maximum atomic E-state index is 12.5. The molecule has 0 radical (unpaired) electrons. The Bertz CT molecular complexity index is 605. The molecule has 0 atom stereocenters. The minimum atomic E-state index is -4.39. The second kappa shape index (κ2) is 4.75. The zero-order valence-corrected chi connectivity index (χ0v) is 9.53. The van der Waals surface area contributed by atoms with Gasteiger partial charge in [0.2, 0.25) is 0 Å². The van der Waals surface area contributed by atoms with E-state index >= 15 is 0 Å². The number of hydrogen-bond donors (Lipinski definition) is 2. The SMILES string of the molecule is O=C(O)c1cc(Cc2cccc(C(F)(F)F)c2)[nH]n1. The Hall–Kier alpha value is -2.31. The molecule has 0 bridgehead atoms. The first kappa shape index (κ1) is 13.1. The predicted octanol–water partition coefficient (Wildman–Crippen LogP) is 2.72. The van der Waals surface area contributed by atoms with Gasteiger partial charge in [-0.3, -0.25) is 5.10 Å². The van der Waals surface area contributed by atoms with Crippen molar-refractivity contribution in [2.24, 2.45) is 0 Å². The number of aromatic carboxylic acids is 1. The monoisotopic (exact) mass is 270 g/mol. The summed E-state index contributed by atoms with van der Waals surface area (Å²) in [6.45, 7) is 0. The molecule has 2 aromatic rings. The van der Waals surface area contributed by atoms with Crippen molar-refractivity contribution in [3.63, 3.8) is 0 Å². The maximum Gasteiger partial charge on any atom is 0.416 e. The molecular weight excluding hydrogens is 261 g/mol. The second-order valence-corrected chi connectivity index (χ2v) is 3.96. The Morgan fingerprint density at radius 1 is 1.32 bits per heavy atom. The number of rotatable bonds is 3. The van der Waals surface area contributed by atoms with Crippen LogP contribution in [0.15, 0.2) is 30.3 Å². The average Bonchev–Trinajstić information content (AvgIpc) is 2.77. The molecule has 0 aliphatic carbocycles. The molecule has 19 heavy (non-hydrogen) atoms. The summed E-state index contributed by atoms with van der Waals surface area (Å²) >= 11 is 0. The van der Waals surface area contributed by atoms with Crippen LogP contribution in [0, 0.1) is 0 Å². The third kappa shape index (κ3) is 3.12. The topological polar surface area (TPSA) is 66.0 Å². The zero-order chi connectivity index (χ0) is 14.0. The first-order chi connectivity index (χ1) is 8.86. The predicted molar refractivity (Wildman–Crippen MR) is 59.8 cm³/mol. The zero-order valence-electron chi connectivity index (χ0n) is 9.53. The standard InChI is InChI=1S/C12H9F3N2O2/c13-12(14,15)8-3-1-2-7(4-8)5-9-6-10(11(18)19)17-16-9/h1-4,6H,5H2,(H,16,17)(H,18,19). The van der Waals surface area contributed by atoms with E-state index in [0.29, 0.717) is 11.3 Å². The minimum absolute atomic E-state index is 0.157. The summed E-state index contributed by atoms with van der Waals surface area (Å²) < 4.78 is 37.6. The first-order valence-corrected chi connectivity index (χ1v) is 5.30. The van der Waals surface area contributed by atoms with Gasteiger partial charge in [0.1, 0.15) is 0 Å². The number of carbonyl (C=O) groups is 1. The molecule has 0 saturated heterocycles. The van der Waals surface area contributed by atoms with Crippen LogP contribution in [-0.4, -0.2) is 21.3 Å². The van der Waals surface area contributed by atoms with Crippen molar-refractivity contribution in [3.8, 4) is 0 Å². The lowest BCUT2D eigenvalue weighted by molar-refractivity contribution is -0.137. The summed E-state index contributed by atoms with van der Waals surface area (Å²) in [6.07, 6.45) is -4.24. The summed E-state index contributed by atoms with van der Waals surface area (Å²) in [5.41, 5.74) is -0.0305. The van der Waals surface area contributed by atoms with Crippen molar-refractivity contribution in [3.05, 3.63) is 52.8 Å². The summed E-state index contributed by atoms with van der Waals surface area (Å²) in [5.74, 6) is -1.19. The lowest BCUT2D eigenvalue weighted by Gasteiger charge is -2.07. The van der Waals surface area contributed by atoms with Gasteiger partial charge in [0.25, 0.3) is 0 Å². The van der Waals surface area contributed by atoms with Crippen LogP contribution in [0.4, 0.5) is 13.2 Å². The van der Waals surface area contributed by atoms with E-state index in [1.807, 2.05) is 0 Å². The van der Waals surface area contributed by atoms with Crippen LogP contribution in [0.3, 0.4) is 0 Å². The van der Waals surface area contributed by atoms with Crippen molar-refractivity contribution in [1.82, 2.24) is 10.2 Å². The van der Waals surface area contributed by atoms with Gasteiger partial charge in [-0.05, 0) is 17.7 Å². The highest BCUT2D eigenvalue weighted by molar-refractivity contribution is 5.85. The van der Waals surface area contributed by atoms with Crippen LogP contribution in [0.5, 0.6) is 0 Å². The van der Waals surface area contributed by atoms with Gasteiger partial charge in [0, 0.05) is 12.1 Å². The van der Waals surface area contributed by atoms with E-state index in [1.165, 1.54) is 18.2 Å². The summed E-state index contributed by atoms with van der Waals surface area (Å²) in [7, 11) is 0. The quantitative estimate of drug-likeness (QED) is 0.901. The molecule has 100 valence electrons. The molecule has 0 spiro atoms. The molecule has 2 N–H and O–H groups in total. The first-order valence-electron chi connectivity index (χ1n) is 5.30. The molecule has 0 aliphatic rings. The van der Waals surface area contributed by atoms with E-state index in [1.54, 1.807) is 0 Å². The summed E-state index contributed by atoms with van der Waals surface area (Å²) in [5, 5.41) is 14.7. The third-order valence-electron chi connectivity index (χ3n) is 2.50. The lowest BCUT2D eigenvalue weighted by atomic mass is 10.1. The molecule has 1 aromatic heterocycles. The number of carboxylic acid groups (broad SMARTS) is 1. The van der Waals surface area contributed by atoms with Crippen LogP contribution in [-0.2, 0) is 12.6 Å². The number of hydrogen-bond acceptors (Lipinski definition) is 2. The maximum absolute atomic E-state index is 12.5. The van der Waals surface area contributed by atoms with Crippen molar-refractivity contribution in [2.45, 2.75) is 12.6 Å².